The summed E-state index contributed by atoms with van der Waals surface area (Å²) in [5.74, 6) is 0. The van der Waals surface area contributed by atoms with Gasteiger partial charge in [-0.2, -0.15) is 0 Å². The van der Waals surface area contributed by atoms with Gasteiger partial charge in [-0.05, 0) is 55.3 Å². The summed E-state index contributed by atoms with van der Waals surface area (Å²) in [5.41, 5.74) is 5.13. The maximum absolute atomic E-state index is 12.7. The van der Waals surface area contributed by atoms with Gasteiger partial charge in [0.2, 0.25) is 5.56 Å². The SMILES string of the molecule is O=c1cc(N2CCOCC2)cc(-c2cccc3c2Sc2ccc(NC4CCN(Cc5ccccn5)CC4)cc2S3)[nH]1. The average Bonchev–Trinajstić information content (AvgIpc) is 3.01. The Kier molecular flexibility index (Phi) is 7.76. The molecule has 3 aliphatic rings. The van der Waals surface area contributed by atoms with E-state index in [-0.39, 0.29) is 5.56 Å². The molecule has 0 aliphatic carbocycles. The monoisotopic (exact) mass is 583 g/mol. The summed E-state index contributed by atoms with van der Waals surface area (Å²) in [6.07, 6.45) is 4.12. The number of morpholine rings is 1. The van der Waals surface area contributed by atoms with E-state index in [1.807, 2.05) is 24.0 Å². The Morgan fingerprint density at radius 3 is 2.61 bits per heavy atom. The van der Waals surface area contributed by atoms with Gasteiger partial charge < -0.3 is 19.9 Å². The zero-order chi connectivity index (χ0) is 27.6. The fourth-order valence-corrected chi connectivity index (χ4v) is 8.19. The highest BCUT2D eigenvalue weighted by molar-refractivity contribution is 8.05. The predicted octanol–water partition coefficient (Wildman–Crippen LogP) is 5.97. The fourth-order valence-electron chi connectivity index (χ4n) is 5.77. The number of nitrogens with one attached hydrogen (secondary N) is 2. The summed E-state index contributed by atoms with van der Waals surface area (Å²) >= 11 is 3.60. The molecule has 41 heavy (non-hydrogen) atoms. The number of ether oxygens (including phenoxy) is 1. The molecule has 0 atom stereocenters. The van der Waals surface area contributed by atoms with E-state index in [0.29, 0.717) is 19.3 Å². The molecule has 0 saturated carbocycles. The minimum absolute atomic E-state index is 0.0752. The van der Waals surface area contributed by atoms with Crippen LogP contribution in [0.3, 0.4) is 0 Å². The van der Waals surface area contributed by atoms with Gasteiger partial charge >= 0.3 is 0 Å². The number of nitrogens with zero attached hydrogens (tertiary/aromatic N) is 3. The summed E-state index contributed by atoms with van der Waals surface area (Å²) in [5, 5.41) is 3.80. The van der Waals surface area contributed by atoms with Crippen molar-refractivity contribution < 1.29 is 4.74 Å². The maximum Gasteiger partial charge on any atom is 0.250 e. The number of aromatic nitrogens is 2. The van der Waals surface area contributed by atoms with Gasteiger partial charge in [-0.15, -0.1) is 0 Å². The topological polar surface area (TPSA) is 73.5 Å². The molecule has 7 nitrogen and oxygen atoms in total. The van der Waals surface area contributed by atoms with E-state index in [9.17, 15) is 4.79 Å². The van der Waals surface area contributed by atoms with Gasteiger partial charge in [0.1, 0.15) is 0 Å². The number of piperidine rings is 1. The van der Waals surface area contributed by atoms with Crippen LogP contribution in [-0.2, 0) is 11.3 Å². The van der Waals surface area contributed by atoms with Gasteiger partial charge in [-0.1, -0.05) is 41.7 Å². The van der Waals surface area contributed by atoms with Crippen LogP contribution < -0.4 is 15.8 Å². The van der Waals surface area contributed by atoms with Crippen LogP contribution in [0.4, 0.5) is 11.4 Å². The number of hydrogen-bond donors (Lipinski definition) is 2. The van der Waals surface area contributed by atoms with Crippen molar-refractivity contribution in [1.29, 1.82) is 0 Å². The zero-order valence-electron chi connectivity index (χ0n) is 22.8. The van der Waals surface area contributed by atoms with Crippen molar-refractivity contribution in [3.05, 3.63) is 89.0 Å². The Hall–Kier alpha value is -3.24. The minimum Gasteiger partial charge on any atom is -0.382 e. The quantitative estimate of drug-likeness (QED) is 0.254. The molecule has 0 amide bonds. The number of H-pyrrole nitrogens is 1. The summed E-state index contributed by atoms with van der Waals surface area (Å²) in [4.78, 5) is 29.9. The Morgan fingerprint density at radius 1 is 0.902 bits per heavy atom. The highest BCUT2D eigenvalue weighted by Crippen LogP contribution is 2.52. The molecule has 2 fully saturated rings. The van der Waals surface area contributed by atoms with E-state index in [0.717, 1.165) is 68.2 Å². The first-order valence-electron chi connectivity index (χ1n) is 14.3. The number of pyridine rings is 2. The molecule has 0 bridgehead atoms. The molecule has 0 radical (unpaired) electrons. The second kappa shape index (κ2) is 11.9. The van der Waals surface area contributed by atoms with Crippen LogP contribution in [-0.4, -0.2) is 60.3 Å². The van der Waals surface area contributed by atoms with Crippen molar-refractivity contribution in [2.75, 3.05) is 49.6 Å². The molecule has 9 heteroatoms. The van der Waals surface area contributed by atoms with Gasteiger partial charge in [-0.25, -0.2) is 0 Å². The third-order valence-corrected chi connectivity index (χ3v) is 10.5. The van der Waals surface area contributed by atoms with Gasteiger partial charge in [0.25, 0.3) is 0 Å². The number of likely N-dealkylation sites (tertiary alicyclic amines) is 1. The molecule has 7 rings (SSSR count). The molecule has 210 valence electrons. The smallest absolute Gasteiger partial charge is 0.250 e. The molecule has 0 spiro atoms. The van der Waals surface area contributed by atoms with E-state index in [1.54, 1.807) is 17.8 Å². The number of aromatic amines is 1. The maximum atomic E-state index is 12.7. The molecule has 2 saturated heterocycles. The normalized spacial score (nSPS) is 17.6. The van der Waals surface area contributed by atoms with E-state index >= 15 is 0 Å². The zero-order valence-corrected chi connectivity index (χ0v) is 24.5. The summed E-state index contributed by atoms with van der Waals surface area (Å²) in [6, 6.07) is 23.5. The Balaban J connectivity index is 1.05. The predicted molar refractivity (Wildman–Crippen MR) is 166 cm³/mol. The molecule has 5 heterocycles. The van der Waals surface area contributed by atoms with Gasteiger partial charge in [0.05, 0.1) is 24.6 Å². The lowest BCUT2D eigenvalue weighted by Crippen LogP contribution is -2.38. The van der Waals surface area contributed by atoms with E-state index in [1.165, 1.54) is 25.3 Å². The van der Waals surface area contributed by atoms with Crippen LogP contribution in [0.5, 0.6) is 0 Å². The number of fused-ring (bicyclic) bond motifs is 2. The average molecular weight is 584 g/mol. The van der Waals surface area contributed by atoms with E-state index in [4.69, 9.17) is 4.74 Å². The Labute approximate surface area is 248 Å². The van der Waals surface area contributed by atoms with Crippen LogP contribution >= 0.6 is 23.5 Å². The highest BCUT2D eigenvalue weighted by Gasteiger charge is 2.24. The van der Waals surface area contributed by atoms with E-state index in [2.05, 4.69) is 79.7 Å². The first-order valence-corrected chi connectivity index (χ1v) is 15.9. The summed E-state index contributed by atoms with van der Waals surface area (Å²) in [6.45, 7) is 6.06. The highest BCUT2D eigenvalue weighted by atomic mass is 32.2. The number of rotatable bonds is 6. The standard InChI is InChI=1S/C32H33N5O2S2/c38-31-20-25(37-14-16-39-17-15-37)19-27(35-31)26-5-3-6-29-32(26)41-28-8-7-23(18-30(28)40-29)34-22-9-12-36(13-10-22)21-24-4-1-2-11-33-24/h1-8,11,18-20,22,34H,9-10,12-17,21H2,(H,35,38). The molecule has 2 N–H and O–H groups in total. The van der Waals surface area contributed by atoms with Crippen LogP contribution in [0, 0.1) is 0 Å². The Bertz CT molecular complexity index is 1580. The van der Waals surface area contributed by atoms with Crippen molar-refractivity contribution in [1.82, 2.24) is 14.9 Å². The van der Waals surface area contributed by atoms with Crippen LogP contribution in [0.15, 0.2) is 97.3 Å². The van der Waals surface area contributed by atoms with Gasteiger partial charge in [-0.3, -0.25) is 14.7 Å². The van der Waals surface area contributed by atoms with Crippen molar-refractivity contribution in [2.45, 2.75) is 45.0 Å². The van der Waals surface area contributed by atoms with E-state index < -0.39 is 0 Å². The van der Waals surface area contributed by atoms with Crippen LogP contribution in [0.1, 0.15) is 18.5 Å². The van der Waals surface area contributed by atoms with Crippen molar-refractivity contribution in [3.63, 3.8) is 0 Å². The molecule has 3 aliphatic heterocycles. The minimum atomic E-state index is -0.0752. The molecular weight excluding hydrogens is 551 g/mol. The lowest BCUT2D eigenvalue weighted by atomic mass is 10.0. The first-order chi connectivity index (χ1) is 20.2. The first kappa shape index (κ1) is 26.6. The van der Waals surface area contributed by atoms with Crippen LogP contribution in [0.2, 0.25) is 0 Å². The molecule has 0 unspecified atom stereocenters. The third-order valence-electron chi connectivity index (χ3n) is 7.92. The third kappa shape index (κ3) is 6.04. The lowest BCUT2D eigenvalue weighted by Gasteiger charge is -2.33. The second-order valence-corrected chi connectivity index (χ2v) is 12.9. The summed E-state index contributed by atoms with van der Waals surface area (Å²) in [7, 11) is 0. The van der Waals surface area contributed by atoms with Gasteiger partial charge in [0, 0.05) is 87.5 Å². The lowest BCUT2D eigenvalue weighted by molar-refractivity contribution is 0.122. The van der Waals surface area contributed by atoms with Crippen molar-refractivity contribution >= 4 is 34.9 Å². The molecule has 2 aromatic heterocycles. The van der Waals surface area contributed by atoms with Gasteiger partial charge in [0.15, 0.2) is 0 Å². The number of hydrogen-bond acceptors (Lipinski definition) is 8. The second-order valence-electron chi connectivity index (χ2n) is 10.7. The molecule has 2 aromatic carbocycles. The molecular formula is C32H33N5O2S2. The van der Waals surface area contributed by atoms with Crippen molar-refractivity contribution in [2.24, 2.45) is 0 Å². The van der Waals surface area contributed by atoms with Crippen molar-refractivity contribution in [3.8, 4) is 11.3 Å². The number of benzene rings is 2. The Morgan fingerprint density at radius 2 is 1.78 bits per heavy atom. The molecule has 4 aromatic rings. The van der Waals surface area contributed by atoms with Crippen LogP contribution in [0.25, 0.3) is 11.3 Å². The summed E-state index contributed by atoms with van der Waals surface area (Å²) < 4.78 is 5.51. The largest absolute Gasteiger partial charge is 0.382 e. The number of anilines is 2. The fraction of sp³-hybridized carbons (Fsp3) is 0.312.